The van der Waals surface area contributed by atoms with Crippen molar-refractivity contribution in [2.24, 2.45) is 0 Å². The van der Waals surface area contributed by atoms with Gasteiger partial charge in [0.1, 0.15) is 5.82 Å². The van der Waals surface area contributed by atoms with E-state index in [4.69, 9.17) is 5.11 Å². The van der Waals surface area contributed by atoms with Crippen molar-refractivity contribution in [1.82, 2.24) is 10.3 Å². The van der Waals surface area contributed by atoms with Crippen molar-refractivity contribution in [3.05, 3.63) is 29.8 Å². The van der Waals surface area contributed by atoms with Gasteiger partial charge < -0.3 is 10.4 Å². The zero-order chi connectivity index (χ0) is 12.2. The van der Waals surface area contributed by atoms with Gasteiger partial charge in [0, 0.05) is 0 Å². The number of nitrogens with one attached hydrogen (secondary N) is 1. The van der Waals surface area contributed by atoms with E-state index in [0.717, 1.165) is 6.20 Å². The molecule has 4 nitrogen and oxygen atoms in total. The summed E-state index contributed by atoms with van der Waals surface area (Å²) in [4.78, 5) is 14.8. The molecule has 5 heteroatoms. The molecule has 0 saturated heterocycles. The molecule has 2 N–H and O–H groups in total. The zero-order valence-corrected chi connectivity index (χ0v) is 9.33. The molecule has 0 aliphatic rings. The molecule has 0 radical (unpaired) electrons. The van der Waals surface area contributed by atoms with Crippen molar-refractivity contribution in [3.63, 3.8) is 0 Å². The molecule has 16 heavy (non-hydrogen) atoms. The van der Waals surface area contributed by atoms with Gasteiger partial charge in [0.15, 0.2) is 0 Å². The van der Waals surface area contributed by atoms with Gasteiger partial charge in [0.05, 0.1) is 23.9 Å². The first-order valence-electron chi connectivity index (χ1n) is 5.07. The van der Waals surface area contributed by atoms with Gasteiger partial charge in [0.2, 0.25) is 0 Å². The standard InChI is InChI=1S/C11H15FN2O2/c1-3-11(13-2,6-10(15)16)9-5-4-8(12)7-14-9/h4-5,7,13H,3,6H2,1-2H3,(H,15,16). The molecule has 0 aliphatic carbocycles. The summed E-state index contributed by atoms with van der Waals surface area (Å²) in [5.41, 5.74) is -0.194. The minimum Gasteiger partial charge on any atom is -0.481 e. The quantitative estimate of drug-likeness (QED) is 0.799. The van der Waals surface area contributed by atoms with Crippen molar-refractivity contribution in [2.75, 3.05) is 7.05 Å². The average molecular weight is 226 g/mol. The van der Waals surface area contributed by atoms with Gasteiger partial charge in [-0.3, -0.25) is 9.78 Å². The van der Waals surface area contributed by atoms with Gasteiger partial charge in [-0.2, -0.15) is 0 Å². The van der Waals surface area contributed by atoms with E-state index in [2.05, 4.69) is 10.3 Å². The fourth-order valence-electron chi connectivity index (χ4n) is 1.71. The van der Waals surface area contributed by atoms with E-state index in [-0.39, 0.29) is 6.42 Å². The normalized spacial score (nSPS) is 14.4. The Morgan fingerprint density at radius 2 is 2.31 bits per heavy atom. The summed E-state index contributed by atoms with van der Waals surface area (Å²) in [6.45, 7) is 1.87. The van der Waals surface area contributed by atoms with Gasteiger partial charge in [-0.25, -0.2) is 4.39 Å². The highest BCUT2D eigenvalue weighted by Gasteiger charge is 2.32. The van der Waals surface area contributed by atoms with E-state index in [9.17, 15) is 9.18 Å². The number of nitrogens with zero attached hydrogens (tertiary/aromatic N) is 1. The lowest BCUT2D eigenvalue weighted by molar-refractivity contribution is -0.139. The summed E-state index contributed by atoms with van der Waals surface area (Å²) in [6, 6.07) is 2.80. The Balaban J connectivity index is 3.09. The van der Waals surface area contributed by atoms with Crippen LogP contribution < -0.4 is 5.32 Å². The molecule has 1 atom stereocenters. The SMILES string of the molecule is CCC(CC(=O)O)(NC)c1ccc(F)cn1. The number of rotatable bonds is 5. The number of halogens is 1. The maximum atomic E-state index is 12.7. The van der Waals surface area contributed by atoms with Crippen molar-refractivity contribution in [3.8, 4) is 0 Å². The third-order valence-electron chi connectivity index (χ3n) is 2.75. The van der Waals surface area contributed by atoms with E-state index >= 15 is 0 Å². The molecule has 0 aliphatic heterocycles. The summed E-state index contributed by atoms with van der Waals surface area (Å²) in [6.07, 6.45) is 1.58. The van der Waals surface area contributed by atoms with Crippen LogP contribution in [-0.4, -0.2) is 23.1 Å². The van der Waals surface area contributed by atoms with Crippen LogP contribution in [-0.2, 0) is 10.3 Å². The molecule has 0 amide bonds. The third kappa shape index (κ3) is 2.55. The van der Waals surface area contributed by atoms with Crippen LogP contribution >= 0.6 is 0 Å². The minimum absolute atomic E-state index is 0.0847. The highest BCUT2D eigenvalue weighted by atomic mass is 19.1. The van der Waals surface area contributed by atoms with E-state index in [1.165, 1.54) is 12.1 Å². The van der Waals surface area contributed by atoms with E-state index in [0.29, 0.717) is 12.1 Å². The highest BCUT2D eigenvalue weighted by molar-refractivity contribution is 5.68. The van der Waals surface area contributed by atoms with Crippen molar-refractivity contribution in [2.45, 2.75) is 25.3 Å². The van der Waals surface area contributed by atoms with Crippen LogP contribution in [0.4, 0.5) is 4.39 Å². The second kappa shape index (κ2) is 5.03. The Labute approximate surface area is 93.5 Å². The maximum Gasteiger partial charge on any atom is 0.305 e. The van der Waals surface area contributed by atoms with Crippen LogP contribution in [0.3, 0.4) is 0 Å². The molecule has 0 spiro atoms. The van der Waals surface area contributed by atoms with Crippen LogP contribution in [0.2, 0.25) is 0 Å². The van der Waals surface area contributed by atoms with Gasteiger partial charge in [-0.1, -0.05) is 6.92 Å². The minimum atomic E-state index is -0.915. The van der Waals surface area contributed by atoms with Crippen molar-refractivity contribution in [1.29, 1.82) is 0 Å². The Morgan fingerprint density at radius 3 is 2.69 bits per heavy atom. The molecule has 1 aromatic heterocycles. The summed E-state index contributed by atoms with van der Waals surface area (Å²) >= 11 is 0. The third-order valence-corrected chi connectivity index (χ3v) is 2.75. The van der Waals surface area contributed by atoms with Crippen LogP contribution in [0.15, 0.2) is 18.3 Å². The Bertz CT molecular complexity index is 361. The molecule has 1 aromatic rings. The molecule has 0 saturated carbocycles. The van der Waals surface area contributed by atoms with Gasteiger partial charge in [-0.15, -0.1) is 0 Å². The second-order valence-corrected chi connectivity index (χ2v) is 3.62. The first kappa shape index (κ1) is 12.6. The molecular formula is C11H15FN2O2. The number of carboxylic acid groups (broad SMARTS) is 1. The molecule has 1 rings (SSSR count). The molecule has 88 valence electrons. The Kier molecular flexibility index (Phi) is 3.95. The number of hydrogen-bond donors (Lipinski definition) is 2. The molecule has 0 fully saturated rings. The first-order valence-corrected chi connectivity index (χ1v) is 5.07. The molecular weight excluding hydrogens is 211 g/mol. The van der Waals surface area contributed by atoms with Crippen LogP contribution in [0.1, 0.15) is 25.5 Å². The Morgan fingerprint density at radius 1 is 1.62 bits per heavy atom. The smallest absolute Gasteiger partial charge is 0.305 e. The van der Waals surface area contributed by atoms with Gasteiger partial charge in [0.25, 0.3) is 0 Å². The first-order chi connectivity index (χ1) is 7.54. The van der Waals surface area contributed by atoms with E-state index < -0.39 is 17.3 Å². The van der Waals surface area contributed by atoms with Crippen molar-refractivity contribution >= 4 is 5.97 Å². The molecule has 0 bridgehead atoms. The fraction of sp³-hybridized carbons (Fsp3) is 0.455. The van der Waals surface area contributed by atoms with Gasteiger partial charge in [-0.05, 0) is 25.6 Å². The summed E-state index contributed by atoms with van der Waals surface area (Å²) in [7, 11) is 1.68. The zero-order valence-electron chi connectivity index (χ0n) is 9.33. The number of aromatic nitrogens is 1. The number of carbonyl (C=O) groups is 1. The summed E-state index contributed by atoms with van der Waals surface area (Å²) in [5.74, 6) is -1.34. The molecule has 1 unspecified atom stereocenters. The number of aliphatic carboxylic acids is 1. The number of pyridine rings is 1. The predicted molar refractivity (Wildman–Crippen MR) is 57.5 cm³/mol. The lowest BCUT2D eigenvalue weighted by Crippen LogP contribution is -2.42. The second-order valence-electron chi connectivity index (χ2n) is 3.62. The highest BCUT2D eigenvalue weighted by Crippen LogP contribution is 2.26. The lowest BCUT2D eigenvalue weighted by atomic mass is 9.88. The predicted octanol–water partition coefficient (Wildman–Crippen LogP) is 1.52. The fourth-order valence-corrected chi connectivity index (χ4v) is 1.71. The van der Waals surface area contributed by atoms with Gasteiger partial charge >= 0.3 is 5.97 Å². The van der Waals surface area contributed by atoms with Crippen LogP contribution in [0, 0.1) is 5.82 Å². The van der Waals surface area contributed by atoms with Crippen LogP contribution in [0.25, 0.3) is 0 Å². The molecule has 0 aromatic carbocycles. The average Bonchev–Trinajstić information content (AvgIpc) is 2.27. The molecule has 1 heterocycles. The monoisotopic (exact) mass is 226 g/mol. The maximum absolute atomic E-state index is 12.7. The lowest BCUT2D eigenvalue weighted by Gasteiger charge is -2.30. The Hall–Kier alpha value is -1.49. The summed E-state index contributed by atoms with van der Waals surface area (Å²) in [5, 5.41) is 11.9. The van der Waals surface area contributed by atoms with E-state index in [1.54, 1.807) is 7.05 Å². The number of carboxylic acids is 1. The largest absolute Gasteiger partial charge is 0.481 e. The van der Waals surface area contributed by atoms with Crippen molar-refractivity contribution < 1.29 is 14.3 Å². The van der Waals surface area contributed by atoms with E-state index in [1.807, 2.05) is 6.92 Å². The number of hydrogen-bond acceptors (Lipinski definition) is 3. The topological polar surface area (TPSA) is 62.2 Å². The summed E-state index contributed by atoms with van der Waals surface area (Å²) < 4.78 is 12.7. The van der Waals surface area contributed by atoms with Crippen LogP contribution in [0.5, 0.6) is 0 Å².